The number of thioether (sulfide) groups is 1. The summed E-state index contributed by atoms with van der Waals surface area (Å²) in [6, 6.07) is 1.88. The fourth-order valence-electron chi connectivity index (χ4n) is 0.181. The zero-order chi connectivity index (χ0) is 6.41. The van der Waals surface area contributed by atoms with Crippen LogP contribution in [0.3, 0.4) is 0 Å². The molecule has 0 unspecified atom stereocenters. The predicted octanol–water partition coefficient (Wildman–Crippen LogP) is 2.29. The molecule has 0 radical (unpaired) electrons. The first-order valence-electron chi connectivity index (χ1n) is 2.14. The maximum absolute atomic E-state index is 8.00. The molecule has 1 nitrogen and oxygen atoms in total. The molecule has 0 saturated carbocycles. The molecule has 42 valence electrons. The van der Waals surface area contributed by atoms with E-state index in [9.17, 15) is 0 Å². The second-order valence-electron chi connectivity index (χ2n) is 1.25. The van der Waals surface area contributed by atoms with Crippen LogP contribution in [0.1, 0.15) is 6.92 Å². The fraction of sp³-hybridized carbons (Fsp3) is 0.167. The second-order valence-corrected chi connectivity index (χ2v) is 2.46. The molecule has 0 spiro atoms. The molecular weight excluding hydrogens is 118 g/mol. The Morgan fingerprint density at radius 2 is 2.50 bits per heavy atom. The number of hydrogen-bond acceptors (Lipinski definition) is 2. The minimum atomic E-state index is 0.997. The zero-order valence-corrected chi connectivity index (χ0v) is 5.53. The molecule has 0 rings (SSSR count). The van der Waals surface area contributed by atoms with Gasteiger partial charge < -0.3 is 0 Å². The van der Waals surface area contributed by atoms with Crippen molar-refractivity contribution in [1.29, 1.82) is 5.26 Å². The van der Waals surface area contributed by atoms with E-state index in [0.29, 0.717) is 0 Å². The summed E-state index contributed by atoms with van der Waals surface area (Å²) in [4.78, 5) is 0.997. The lowest BCUT2D eigenvalue weighted by molar-refractivity contribution is 1.54. The zero-order valence-electron chi connectivity index (χ0n) is 4.72. The molecule has 0 aromatic rings. The molecule has 0 fully saturated rings. The molecule has 0 saturated heterocycles. The summed E-state index contributed by atoms with van der Waals surface area (Å²) < 4.78 is 0. The highest BCUT2D eigenvalue weighted by atomic mass is 32.2. The smallest absolute Gasteiger partial charge is 0.0917 e. The second kappa shape index (κ2) is 4.48. The summed E-state index contributed by atoms with van der Waals surface area (Å²) in [7, 11) is 0. The highest BCUT2D eigenvalue weighted by Crippen LogP contribution is 2.11. The molecular formula is C6H7NS. The standard InChI is InChI=1S/C6H7NS/c1-6(2)8-5-3-4-7/h3,5H,1H2,2H3/b5-3-. The van der Waals surface area contributed by atoms with Crippen molar-refractivity contribution in [1.82, 2.24) is 0 Å². The minimum absolute atomic E-state index is 0.997. The number of allylic oxidation sites excluding steroid dienone is 2. The van der Waals surface area contributed by atoms with E-state index in [1.807, 2.05) is 13.0 Å². The molecule has 0 aliphatic rings. The fourth-order valence-corrected chi connectivity index (χ4v) is 0.542. The number of hydrogen-bond donors (Lipinski definition) is 0. The van der Waals surface area contributed by atoms with Gasteiger partial charge in [-0.2, -0.15) is 5.26 Å². The first-order chi connectivity index (χ1) is 3.77. The molecule has 0 atom stereocenters. The third-order valence-corrected chi connectivity index (χ3v) is 1.09. The Morgan fingerprint density at radius 1 is 1.88 bits per heavy atom. The summed E-state index contributed by atoms with van der Waals surface area (Å²) in [5.74, 6) is 0. The molecule has 0 aliphatic carbocycles. The van der Waals surface area contributed by atoms with E-state index in [1.54, 1.807) is 5.41 Å². The van der Waals surface area contributed by atoms with Crippen LogP contribution < -0.4 is 0 Å². The molecule has 0 N–H and O–H groups in total. The third-order valence-electron chi connectivity index (χ3n) is 0.412. The van der Waals surface area contributed by atoms with Gasteiger partial charge in [0.25, 0.3) is 0 Å². The lowest BCUT2D eigenvalue weighted by Crippen LogP contribution is -1.52. The average Bonchev–Trinajstić information content (AvgIpc) is 1.66. The average molecular weight is 125 g/mol. The van der Waals surface area contributed by atoms with Crippen LogP contribution in [-0.2, 0) is 0 Å². The van der Waals surface area contributed by atoms with Crippen LogP contribution in [0.25, 0.3) is 0 Å². The van der Waals surface area contributed by atoms with Gasteiger partial charge in [0.1, 0.15) is 0 Å². The van der Waals surface area contributed by atoms with Crippen LogP contribution in [0.15, 0.2) is 23.0 Å². The first kappa shape index (κ1) is 7.32. The van der Waals surface area contributed by atoms with Crippen LogP contribution >= 0.6 is 11.8 Å². The molecule has 0 aromatic heterocycles. The van der Waals surface area contributed by atoms with Crippen molar-refractivity contribution >= 4 is 11.8 Å². The third kappa shape index (κ3) is 5.32. The number of rotatable bonds is 2. The van der Waals surface area contributed by atoms with Crippen molar-refractivity contribution in [3.05, 3.63) is 23.0 Å². The molecule has 0 amide bonds. The summed E-state index contributed by atoms with van der Waals surface area (Å²) in [6.45, 7) is 5.52. The Bertz CT molecular complexity index is 141. The van der Waals surface area contributed by atoms with Crippen LogP contribution in [-0.4, -0.2) is 0 Å². The number of nitriles is 1. The Balaban J connectivity index is 3.34. The predicted molar refractivity (Wildman–Crippen MR) is 37.2 cm³/mol. The van der Waals surface area contributed by atoms with Crippen LogP contribution in [0.4, 0.5) is 0 Å². The summed E-state index contributed by atoms with van der Waals surface area (Å²) in [6.07, 6.45) is 1.43. The van der Waals surface area contributed by atoms with Gasteiger partial charge in [0, 0.05) is 6.08 Å². The van der Waals surface area contributed by atoms with Crippen molar-refractivity contribution in [2.45, 2.75) is 6.92 Å². The Labute approximate surface area is 53.7 Å². The van der Waals surface area contributed by atoms with Gasteiger partial charge in [0.05, 0.1) is 6.07 Å². The van der Waals surface area contributed by atoms with E-state index in [1.165, 1.54) is 17.8 Å². The van der Waals surface area contributed by atoms with Crippen LogP contribution in [0, 0.1) is 11.3 Å². The molecule has 8 heavy (non-hydrogen) atoms. The van der Waals surface area contributed by atoms with Gasteiger partial charge in [0.15, 0.2) is 0 Å². The molecule has 0 aromatic carbocycles. The lowest BCUT2D eigenvalue weighted by atomic mass is 10.7. The van der Waals surface area contributed by atoms with Crippen molar-refractivity contribution in [3.63, 3.8) is 0 Å². The Morgan fingerprint density at radius 3 is 2.88 bits per heavy atom. The largest absolute Gasteiger partial charge is 0.193 e. The highest BCUT2D eigenvalue weighted by Gasteiger charge is 1.75. The van der Waals surface area contributed by atoms with Gasteiger partial charge in [0.2, 0.25) is 0 Å². The SMILES string of the molecule is C=C(C)S/C=C\C#N. The van der Waals surface area contributed by atoms with Gasteiger partial charge in [-0.05, 0) is 17.2 Å². The maximum Gasteiger partial charge on any atom is 0.0917 e. The van der Waals surface area contributed by atoms with Crippen molar-refractivity contribution in [2.24, 2.45) is 0 Å². The van der Waals surface area contributed by atoms with Crippen LogP contribution in [0.2, 0.25) is 0 Å². The van der Waals surface area contributed by atoms with Gasteiger partial charge in [-0.15, -0.1) is 11.8 Å². The summed E-state index contributed by atoms with van der Waals surface area (Å²) >= 11 is 1.46. The number of nitrogens with zero attached hydrogens (tertiary/aromatic N) is 1. The topological polar surface area (TPSA) is 23.8 Å². The quantitative estimate of drug-likeness (QED) is 0.529. The van der Waals surface area contributed by atoms with E-state index >= 15 is 0 Å². The lowest BCUT2D eigenvalue weighted by Gasteiger charge is -1.83. The van der Waals surface area contributed by atoms with Gasteiger partial charge in [-0.25, -0.2) is 0 Å². The molecule has 0 bridgehead atoms. The highest BCUT2D eigenvalue weighted by molar-refractivity contribution is 8.05. The van der Waals surface area contributed by atoms with Gasteiger partial charge in [-0.1, -0.05) is 6.58 Å². The molecule has 0 aliphatic heterocycles. The normalized spacial score (nSPS) is 9.00. The van der Waals surface area contributed by atoms with Crippen molar-refractivity contribution in [2.75, 3.05) is 0 Å². The van der Waals surface area contributed by atoms with E-state index in [0.717, 1.165) is 4.91 Å². The van der Waals surface area contributed by atoms with Crippen molar-refractivity contribution in [3.8, 4) is 6.07 Å². The van der Waals surface area contributed by atoms with E-state index in [2.05, 4.69) is 6.58 Å². The van der Waals surface area contributed by atoms with Crippen molar-refractivity contribution < 1.29 is 0 Å². The first-order valence-corrected chi connectivity index (χ1v) is 3.02. The van der Waals surface area contributed by atoms with Gasteiger partial charge >= 0.3 is 0 Å². The molecule has 2 heteroatoms. The minimum Gasteiger partial charge on any atom is -0.193 e. The summed E-state index contributed by atoms with van der Waals surface area (Å²) in [5, 5.41) is 9.71. The Kier molecular flexibility index (Phi) is 4.10. The summed E-state index contributed by atoms with van der Waals surface area (Å²) in [5.41, 5.74) is 0. The monoisotopic (exact) mass is 125 g/mol. The van der Waals surface area contributed by atoms with E-state index in [-0.39, 0.29) is 0 Å². The molecule has 0 heterocycles. The van der Waals surface area contributed by atoms with E-state index < -0.39 is 0 Å². The maximum atomic E-state index is 8.00. The van der Waals surface area contributed by atoms with Gasteiger partial charge in [-0.3, -0.25) is 0 Å². The van der Waals surface area contributed by atoms with Crippen LogP contribution in [0.5, 0.6) is 0 Å². The Hall–Kier alpha value is -0.680. The van der Waals surface area contributed by atoms with E-state index in [4.69, 9.17) is 5.26 Å².